The lowest BCUT2D eigenvalue weighted by molar-refractivity contribution is -0.0495. The zero-order valence-corrected chi connectivity index (χ0v) is 17.7. The second-order valence-corrected chi connectivity index (χ2v) is 8.52. The van der Waals surface area contributed by atoms with Crippen molar-refractivity contribution in [3.05, 3.63) is 24.3 Å². The van der Waals surface area contributed by atoms with Crippen molar-refractivity contribution in [3.8, 4) is 5.75 Å². The van der Waals surface area contributed by atoms with E-state index in [9.17, 15) is 8.78 Å². The van der Waals surface area contributed by atoms with Crippen LogP contribution in [0.5, 0.6) is 5.75 Å². The van der Waals surface area contributed by atoms with E-state index in [-0.39, 0.29) is 11.8 Å². The molecule has 0 amide bonds. The summed E-state index contributed by atoms with van der Waals surface area (Å²) in [5.74, 6) is 1.72. The lowest BCUT2D eigenvalue weighted by Gasteiger charge is -2.22. The molecule has 8 heteroatoms. The summed E-state index contributed by atoms with van der Waals surface area (Å²) >= 11 is 0. The summed E-state index contributed by atoms with van der Waals surface area (Å²) in [7, 11) is 0. The number of benzene rings is 1. The summed E-state index contributed by atoms with van der Waals surface area (Å²) in [6.07, 6.45) is 4.89. The largest absolute Gasteiger partial charge is 0.433 e. The first-order valence-corrected chi connectivity index (χ1v) is 11.2. The number of likely N-dealkylation sites (tertiary alicyclic amines) is 1. The Labute approximate surface area is 177 Å². The van der Waals surface area contributed by atoms with Crippen LogP contribution in [0.1, 0.15) is 32.6 Å². The van der Waals surface area contributed by atoms with Gasteiger partial charge < -0.3 is 25.2 Å². The van der Waals surface area contributed by atoms with Crippen LogP contribution >= 0.6 is 0 Å². The van der Waals surface area contributed by atoms with E-state index >= 15 is 0 Å². The van der Waals surface area contributed by atoms with Crippen molar-refractivity contribution >= 4 is 11.6 Å². The quantitative estimate of drug-likeness (QED) is 0.499. The highest BCUT2D eigenvalue weighted by Crippen LogP contribution is 2.32. The Morgan fingerprint density at radius 2 is 2.00 bits per heavy atom. The molecule has 166 valence electrons. The van der Waals surface area contributed by atoms with Crippen LogP contribution in [0.4, 0.5) is 14.5 Å². The van der Waals surface area contributed by atoms with Crippen LogP contribution in [0.15, 0.2) is 29.3 Å². The Morgan fingerprint density at radius 1 is 1.17 bits per heavy atom. The van der Waals surface area contributed by atoms with Gasteiger partial charge in [-0.3, -0.25) is 4.99 Å². The summed E-state index contributed by atoms with van der Waals surface area (Å²) < 4.78 is 30.2. The van der Waals surface area contributed by atoms with Gasteiger partial charge in [0.05, 0.1) is 5.69 Å². The van der Waals surface area contributed by atoms with E-state index in [4.69, 9.17) is 9.73 Å². The highest BCUT2D eigenvalue weighted by molar-refractivity contribution is 5.80. The molecule has 6 nitrogen and oxygen atoms in total. The minimum Gasteiger partial charge on any atom is -0.433 e. The average Bonchev–Trinajstić information content (AvgIpc) is 3.29. The van der Waals surface area contributed by atoms with Crippen LogP contribution < -0.4 is 20.3 Å². The first kappa shape index (κ1) is 21.2. The number of halogens is 2. The molecule has 1 aromatic rings. The van der Waals surface area contributed by atoms with Crippen molar-refractivity contribution < 1.29 is 13.5 Å². The zero-order chi connectivity index (χ0) is 20.9. The van der Waals surface area contributed by atoms with Gasteiger partial charge in [0, 0.05) is 44.8 Å². The smallest absolute Gasteiger partial charge is 0.387 e. The number of nitrogens with one attached hydrogen (secondary N) is 2. The van der Waals surface area contributed by atoms with Gasteiger partial charge in [0.15, 0.2) is 5.96 Å². The third-order valence-electron chi connectivity index (χ3n) is 6.18. The number of guanidine groups is 1. The molecule has 2 saturated heterocycles. The number of para-hydroxylation sites is 2. The van der Waals surface area contributed by atoms with Gasteiger partial charge in [0.25, 0.3) is 0 Å². The molecule has 4 rings (SSSR count). The van der Waals surface area contributed by atoms with E-state index in [0.717, 1.165) is 50.3 Å². The Balaban J connectivity index is 1.31. The van der Waals surface area contributed by atoms with Crippen LogP contribution in [0.3, 0.4) is 0 Å². The van der Waals surface area contributed by atoms with Gasteiger partial charge in [-0.15, -0.1) is 0 Å². The molecular weight excluding hydrogens is 388 g/mol. The van der Waals surface area contributed by atoms with Gasteiger partial charge in [-0.2, -0.15) is 8.78 Å². The molecule has 3 aliphatic rings. The number of alkyl halides is 2. The van der Waals surface area contributed by atoms with Crippen LogP contribution in [-0.2, 0) is 0 Å². The van der Waals surface area contributed by atoms with Crippen molar-refractivity contribution in [2.45, 2.75) is 51.3 Å². The molecule has 1 aliphatic carbocycles. The average molecular weight is 422 g/mol. The molecule has 30 heavy (non-hydrogen) atoms. The molecule has 0 bridgehead atoms. The number of hydrogen-bond acceptors (Lipinski definition) is 4. The van der Waals surface area contributed by atoms with Crippen molar-refractivity contribution in [3.63, 3.8) is 0 Å². The maximum atomic E-state index is 12.7. The molecule has 2 heterocycles. The summed E-state index contributed by atoms with van der Waals surface area (Å²) in [6.45, 7) is 4.82. The van der Waals surface area contributed by atoms with Gasteiger partial charge >= 0.3 is 6.61 Å². The predicted molar refractivity (Wildman–Crippen MR) is 116 cm³/mol. The second-order valence-electron chi connectivity index (χ2n) is 8.52. The number of anilines is 1. The molecule has 0 radical (unpaired) electrons. The number of hydrogen-bond donors (Lipinski definition) is 2. The van der Waals surface area contributed by atoms with Gasteiger partial charge in [-0.05, 0) is 57.2 Å². The number of nitrogens with zero attached hydrogens (tertiary/aromatic N) is 3. The van der Waals surface area contributed by atoms with Crippen molar-refractivity contribution in [2.75, 3.05) is 44.2 Å². The van der Waals surface area contributed by atoms with Gasteiger partial charge in [-0.1, -0.05) is 12.1 Å². The van der Waals surface area contributed by atoms with E-state index in [1.165, 1.54) is 32.4 Å². The fourth-order valence-electron chi connectivity index (χ4n) is 4.53. The van der Waals surface area contributed by atoms with E-state index in [2.05, 4.69) is 27.4 Å². The SMILES string of the molecule is CCNC(=NCC1CCN(C2CC2)C1)NC1CCN(c2ccccc2OC(F)F)C1. The van der Waals surface area contributed by atoms with Gasteiger partial charge in [-0.25, -0.2) is 0 Å². The summed E-state index contributed by atoms with van der Waals surface area (Å²) in [5, 5.41) is 6.90. The number of rotatable bonds is 8. The van der Waals surface area contributed by atoms with Crippen LogP contribution in [-0.4, -0.2) is 68.8 Å². The fourth-order valence-corrected chi connectivity index (χ4v) is 4.53. The van der Waals surface area contributed by atoms with Crippen molar-refractivity contribution in [1.82, 2.24) is 15.5 Å². The van der Waals surface area contributed by atoms with Crippen LogP contribution in [0, 0.1) is 5.92 Å². The van der Waals surface area contributed by atoms with E-state index in [1.54, 1.807) is 12.1 Å². The minimum atomic E-state index is -2.82. The predicted octanol–water partition coefficient (Wildman–Crippen LogP) is 2.91. The lowest BCUT2D eigenvalue weighted by atomic mass is 10.1. The molecular formula is C22H33F2N5O. The highest BCUT2D eigenvalue weighted by Gasteiger charge is 2.34. The third-order valence-corrected chi connectivity index (χ3v) is 6.18. The maximum Gasteiger partial charge on any atom is 0.387 e. The fraction of sp³-hybridized carbons (Fsp3) is 0.682. The molecule has 0 spiro atoms. The minimum absolute atomic E-state index is 0.217. The van der Waals surface area contributed by atoms with Gasteiger partial charge in [0.1, 0.15) is 5.75 Å². The van der Waals surface area contributed by atoms with Crippen LogP contribution in [0.25, 0.3) is 0 Å². The number of aliphatic imine (C=N–C) groups is 1. The second kappa shape index (κ2) is 9.81. The molecule has 2 aliphatic heterocycles. The molecule has 0 aromatic heterocycles. The summed E-state index contributed by atoms with van der Waals surface area (Å²) in [5.41, 5.74) is 0.718. The summed E-state index contributed by atoms with van der Waals surface area (Å²) in [4.78, 5) is 9.57. The van der Waals surface area contributed by atoms with Crippen molar-refractivity contribution in [2.24, 2.45) is 10.9 Å². The maximum absolute atomic E-state index is 12.7. The Hall–Kier alpha value is -2.09. The Bertz CT molecular complexity index is 727. The molecule has 2 atom stereocenters. The normalized spacial score (nSPS) is 25.2. The molecule has 2 N–H and O–H groups in total. The first-order chi connectivity index (χ1) is 14.6. The zero-order valence-electron chi connectivity index (χ0n) is 17.7. The first-order valence-electron chi connectivity index (χ1n) is 11.2. The Morgan fingerprint density at radius 3 is 2.77 bits per heavy atom. The lowest BCUT2D eigenvalue weighted by Crippen LogP contribution is -2.45. The molecule has 3 fully saturated rings. The van der Waals surface area contributed by atoms with E-state index in [0.29, 0.717) is 5.92 Å². The number of ether oxygens (including phenoxy) is 1. The van der Waals surface area contributed by atoms with E-state index in [1.807, 2.05) is 12.1 Å². The molecule has 1 saturated carbocycles. The van der Waals surface area contributed by atoms with E-state index < -0.39 is 6.61 Å². The Kier molecular flexibility index (Phi) is 6.92. The standard InChI is InChI=1S/C22H33F2N5O/c1-2-25-22(26-13-16-9-11-28(14-16)18-7-8-18)27-17-10-12-29(15-17)19-5-3-4-6-20(19)30-21(23)24/h3-6,16-18,21H,2,7-15H2,1H3,(H2,25,26,27). The highest BCUT2D eigenvalue weighted by atomic mass is 19.3. The molecule has 1 aromatic carbocycles. The third kappa shape index (κ3) is 5.53. The van der Waals surface area contributed by atoms with Crippen molar-refractivity contribution in [1.29, 1.82) is 0 Å². The van der Waals surface area contributed by atoms with Gasteiger partial charge in [0.2, 0.25) is 0 Å². The molecule has 2 unspecified atom stereocenters. The van der Waals surface area contributed by atoms with Crippen LogP contribution in [0.2, 0.25) is 0 Å². The monoisotopic (exact) mass is 421 g/mol. The summed E-state index contributed by atoms with van der Waals surface area (Å²) in [6, 6.07) is 8.06. The topological polar surface area (TPSA) is 52.1 Å².